The van der Waals surface area contributed by atoms with E-state index in [-0.39, 0.29) is 39.3 Å². The van der Waals surface area contributed by atoms with Gasteiger partial charge in [0.2, 0.25) is 0 Å². The molecule has 1 atom stereocenters. The average Bonchev–Trinajstić information content (AvgIpc) is 3.47. The number of amides is 1. The molecule has 1 fully saturated rings. The van der Waals surface area contributed by atoms with Gasteiger partial charge < -0.3 is 14.6 Å². The van der Waals surface area contributed by atoms with Crippen LogP contribution >= 0.6 is 11.3 Å². The third-order valence-electron chi connectivity index (χ3n) is 7.16. The highest BCUT2D eigenvalue weighted by Gasteiger charge is 2.48. The van der Waals surface area contributed by atoms with Crippen LogP contribution in [-0.4, -0.2) is 41.0 Å². The van der Waals surface area contributed by atoms with E-state index < -0.39 is 23.7 Å². The molecule has 2 aromatic carbocycles. The van der Waals surface area contributed by atoms with Crippen LogP contribution in [0, 0.1) is 12.8 Å². The second kappa shape index (κ2) is 13.1. The number of aliphatic hydroxyl groups is 1. The van der Waals surface area contributed by atoms with Gasteiger partial charge >= 0.3 is 11.9 Å². The number of hydrogen-bond acceptors (Lipinski definition) is 8. The summed E-state index contributed by atoms with van der Waals surface area (Å²) >= 11 is 0.996. The molecule has 1 aliphatic heterocycles. The highest BCUT2D eigenvalue weighted by Crippen LogP contribution is 2.44. The number of carbonyl (C=O) groups is 3. The van der Waals surface area contributed by atoms with E-state index in [2.05, 4.69) is 32.7 Å². The van der Waals surface area contributed by atoms with Crippen molar-refractivity contribution < 1.29 is 29.0 Å². The summed E-state index contributed by atoms with van der Waals surface area (Å²) in [7, 11) is 0. The van der Waals surface area contributed by atoms with Crippen LogP contribution in [-0.2, 0) is 19.7 Å². The molecule has 4 rings (SSSR count). The predicted molar refractivity (Wildman–Crippen MR) is 169 cm³/mol. The lowest BCUT2D eigenvalue weighted by molar-refractivity contribution is -0.132. The third-order valence-corrected chi connectivity index (χ3v) is 8.29. The number of hydrogen-bond donors (Lipinski definition) is 1. The van der Waals surface area contributed by atoms with Crippen molar-refractivity contribution in [2.75, 3.05) is 18.1 Å². The van der Waals surface area contributed by atoms with Gasteiger partial charge in [0.05, 0.1) is 30.5 Å². The van der Waals surface area contributed by atoms with E-state index in [1.807, 2.05) is 38.1 Å². The van der Waals surface area contributed by atoms with Crippen LogP contribution in [0.1, 0.15) is 92.5 Å². The van der Waals surface area contributed by atoms with Gasteiger partial charge in [0.25, 0.3) is 5.78 Å². The Hall–Kier alpha value is -3.98. The molecule has 0 radical (unpaired) electrons. The van der Waals surface area contributed by atoms with Gasteiger partial charge in [-0.2, -0.15) is 0 Å². The number of esters is 1. The standard InChI is InChI=1S/C34H40N2O6S/c1-8-9-18-41-25-16-12-23(13-17-25)28(37)26-27(22-10-14-24(15-11-22)34(5,6)7)36(31(39)29(26)38)33-35-21(4)30(43-33)32(40)42-19-20(2)3/h10-17,20,27,37H,8-9,18-19H2,1-7H3/t27-/m0/s1. The van der Waals surface area contributed by atoms with Crippen LogP contribution in [0.2, 0.25) is 0 Å². The third kappa shape index (κ3) is 6.99. The zero-order chi connectivity index (χ0) is 31.5. The van der Waals surface area contributed by atoms with E-state index in [9.17, 15) is 19.5 Å². The van der Waals surface area contributed by atoms with Crippen molar-refractivity contribution in [1.29, 1.82) is 0 Å². The number of anilines is 1. The molecule has 9 heteroatoms. The van der Waals surface area contributed by atoms with E-state index in [0.29, 0.717) is 29.2 Å². The first-order valence-corrected chi connectivity index (χ1v) is 15.4. The minimum Gasteiger partial charge on any atom is -0.507 e. The molecule has 228 valence electrons. The summed E-state index contributed by atoms with van der Waals surface area (Å²) in [4.78, 5) is 46.1. The second-order valence-electron chi connectivity index (χ2n) is 12.2. The largest absolute Gasteiger partial charge is 0.507 e. The van der Waals surface area contributed by atoms with Crippen molar-refractivity contribution in [3.63, 3.8) is 0 Å². The lowest BCUT2D eigenvalue weighted by atomic mass is 9.85. The molecule has 0 aliphatic carbocycles. The monoisotopic (exact) mass is 604 g/mol. The summed E-state index contributed by atoms with van der Waals surface area (Å²) in [5.41, 5.74) is 2.32. The van der Waals surface area contributed by atoms with E-state index in [4.69, 9.17) is 9.47 Å². The molecule has 3 aromatic rings. The van der Waals surface area contributed by atoms with Crippen molar-refractivity contribution in [2.45, 2.75) is 72.8 Å². The first-order chi connectivity index (χ1) is 20.3. The first-order valence-electron chi connectivity index (χ1n) is 14.6. The lowest BCUT2D eigenvalue weighted by Crippen LogP contribution is -2.29. The summed E-state index contributed by atoms with van der Waals surface area (Å²) in [6.45, 7) is 14.8. The van der Waals surface area contributed by atoms with E-state index in [1.54, 1.807) is 31.2 Å². The Morgan fingerprint density at radius 3 is 2.30 bits per heavy atom. The summed E-state index contributed by atoms with van der Waals surface area (Å²) in [5.74, 6) is -1.68. The Labute approximate surface area is 257 Å². The summed E-state index contributed by atoms with van der Waals surface area (Å²) in [5, 5.41) is 11.7. The molecule has 1 aromatic heterocycles. The number of aromatic nitrogens is 1. The fraction of sp³-hybridized carbons (Fsp3) is 0.412. The van der Waals surface area contributed by atoms with E-state index in [1.165, 1.54) is 4.90 Å². The smallest absolute Gasteiger partial charge is 0.350 e. The molecule has 1 amide bonds. The molecular weight excluding hydrogens is 564 g/mol. The fourth-order valence-corrected chi connectivity index (χ4v) is 5.68. The number of carbonyl (C=O) groups excluding carboxylic acids is 3. The van der Waals surface area contributed by atoms with E-state index >= 15 is 0 Å². The molecule has 43 heavy (non-hydrogen) atoms. The highest BCUT2D eigenvalue weighted by molar-refractivity contribution is 7.17. The lowest BCUT2D eigenvalue weighted by Gasteiger charge is -2.24. The number of ether oxygens (including phenoxy) is 2. The van der Waals surface area contributed by atoms with Gasteiger partial charge in [-0.25, -0.2) is 9.78 Å². The van der Waals surface area contributed by atoms with Gasteiger partial charge in [0.1, 0.15) is 16.4 Å². The van der Waals surface area contributed by atoms with Crippen LogP contribution in [0.25, 0.3) is 5.76 Å². The maximum absolute atomic E-state index is 13.6. The molecule has 1 aliphatic rings. The van der Waals surface area contributed by atoms with Crippen molar-refractivity contribution in [1.82, 2.24) is 4.98 Å². The van der Waals surface area contributed by atoms with Crippen molar-refractivity contribution in [3.8, 4) is 5.75 Å². The number of aliphatic hydroxyl groups excluding tert-OH is 1. The predicted octanol–water partition coefficient (Wildman–Crippen LogP) is 7.37. The number of unbranched alkanes of at least 4 members (excludes halogenated alkanes) is 1. The van der Waals surface area contributed by atoms with Gasteiger partial charge in [0, 0.05) is 5.56 Å². The Kier molecular flexibility index (Phi) is 9.75. The van der Waals surface area contributed by atoms with Gasteiger partial charge in [-0.3, -0.25) is 14.5 Å². The molecule has 0 bridgehead atoms. The van der Waals surface area contributed by atoms with Gasteiger partial charge in [0.15, 0.2) is 5.13 Å². The normalized spacial score (nSPS) is 16.7. The zero-order valence-corrected chi connectivity index (χ0v) is 26.7. The number of rotatable bonds is 10. The Morgan fingerprint density at radius 1 is 1.07 bits per heavy atom. The van der Waals surface area contributed by atoms with E-state index in [0.717, 1.165) is 29.7 Å². The molecule has 8 nitrogen and oxygen atoms in total. The summed E-state index contributed by atoms with van der Waals surface area (Å²) in [6, 6.07) is 13.5. The van der Waals surface area contributed by atoms with Crippen LogP contribution in [0.15, 0.2) is 54.1 Å². The molecule has 1 N–H and O–H groups in total. The number of benzene rings is 2. The number of thiazole rings is 1. The number of aryl methyl sites for hydroxylation is 1. The van der Waals surface area contributed by atoms with Crippen LogP contribution in [0.5, 0.6) is 5.75 Å². The maximum atomic E-state index is 13.6. The molecule has 0 spiro atoms. The van der Waals surface area contributed by atoms with Crippen molar-refractivity contribution >= 4 is 39.9 Å². The van der Waals surface area contributed by atoms with Gasteiger partial charge in [-0.05, 0) is 60.1 Å². The first kappa shape index (κ1) is 31.9. The summed E-state index contributed by atoms with van der Waals surface area (Å²) in [6.07, 6.45) is 1.93. The Bertz CT molecular complexity index is 1510. The Balaban J connectivity index is 1.80. The quantitative estimate of drug-likeness (QED) is 0.0847. The van der Waals surface area contributed by atoms with Crippen LogP contribution in [0.3, 0.4) is 0 Å². The minimum atomic E-state index is -0.959. The molecule has 0 unspecified atom stereocenters. The Morgan fingerprint density at radius 2 is 1.72 bits per heavy atom. The zero-order valence-electron chi connectivity index (χ0n) is 25.9. The molecular formula is C34H40N2O6S. The van der Waals surface area contributed by atoms with Gasteiger partial charge in [-0.15, -0.1) is 0 Å². The highest BCUT2D eigenvalue weighted by atomic mass is 32.1. The number of nitrogens with zero attached hydrogens (tertiary/aromatic N) is 2. The number of Topliss-reactive ketones (excluding diaryl/α,β-unsaturated/α-hetero) is 1. The van der Waals surface area contributed by atoms with Crippen LogP contribution in [0.4, 0.5) is 5.13 Å². The minimum absolute atomic E-state index is 0.0510. The maximum Gasteiger partial charge on any atom is 0.350 e. The topological polar surface area (TPSA) is 106 Å². The number of ketones is 1. The van der Waals surface area contributed by atoms with Gasteiger partial charge in [-0.1, -0.05) is 83.6 Å². The van der Waals surface area contributed by atoms with Crippen molar-refractivity contribution in [2.24, 2.45) is 5.92 Å². The SMILES string of the molecule is CCCCOc1ccc(C(O)=C2C(=O)C(=O)N(c3nc(C)c(C(=O)OCC(C)C)s3)[C@H]2c2ccc(C(C)(C)C)cc2)cc1. The molecule has 0 saturated carbocycles. The fourth-order valence-electron chi connectivity index (χ4n) is 4.69. The van der Waals surface area contributed by atoms with Crippen molar-refractivity contribution in [3.05, 3.63) is 81.4 Å². The average molecular weight is 605 g/mol. The molecule has 1 saturated heterocycles. The molecule has 2 heterocycles. The van der Waals surface area contributed by atoms with Crippen LogP contribution < -0.4 is 9.64 Å². The second-order valence-corrected chi connectivity index (χ2v) is 13.1. The summed E-state index contributed by atoms with van der Waals surface area (Å²) < 4.78 is 11.2.